The molecule has 0 saturated carbocycles. The van der Waals surface area contributed by atoms with Gasteiger partial charge in [0.05, 0.1) is 0 Å². The van der Waals surface area contributed by atoms with Gasteiger partial charge in [-0.1, -0.05) is 12.1 Å². The molecule has 0 radical (unpaired) electrons. The first-order chi connectivity index (χ1) is 9.47. The second-order valence-electron chi connectivity index (χ2n) is 4.43. The predicted octanol–water partition coefficient (Wildman–Crippen LogP) is 0.607. The van der Waals surface area contributed by atoms with Crippen molar-refractivity contribution < 1.29 is 14.1 Å². The van der Waals surface area contributed by atoms with Gasteiger partial charge in [0.1, 0.15) is 6.04 Å². The third-order valence-corrected chi connectivity index (χ3v) is 2.85. The summed E-state index contributed by atoms with van der Waals surface area (Å²) in [5.41, 5.74) is 0. The van der Waals surface area contributed by atoms with Crippen LogP contribution < -0.4 is 10.6 Å². The van der Waals surface area contributed by atoms with E-state index in [1.54, 1.807) is 21.0 Å². The zero-order valence-electron chi connectivity index (χ0n) is 12.3. The van der Waals surface area contributed by atoms with E-state index in [1.165, 1.54) is 4.90 Å². The van der Waals surface area contributed by atoms with Crippen molar-refractivity contribution in [2.24, 2.45) is 0 Å². The smallest absolute Gasteiger partial charge is 0.317 e. The van der Waals surface area contributed by atoms with Crippen molar-refractivity contribution in [2.45, 2.75) is 32.7 Å². The molecular formula is C12H21N5O3. The average Bonchev–Trinajstić information content (AvgIpc) is 2.87. The fourth-order valence-electron chi connectivity index (χ4n) is 1.55. The number of aryl methyl sites for hydroxylation is 1. The molecule has 112 valence electrons. The van der Waals surface area contributed by atoms with Gasteiger partial charge >= 0.3 is 6.03 Å². The van der Waals surface area contributed by atoms with E-state index in [-0.39, 0.29) is 24.4 Å². The zero-order valence-corrected chi connectivity index (χ0v) is 12.3. The lowest BCUT2D eigenvalue weighted by atomic mass is 10.2. The molecule has 0 saturated heterocycles. The highest BCUT2D eigenvalue weighted by Gasteiger charge is 2.20. The van der Waals surface area contributed by atoms with Gasteiger partial charge in [-0.15, -0.1) is 0 Å². The number of hydrogen-bond acceptors (Lipinski definition) is 5. The van der Waals surface area contributed by atoms with Crippen molar-refractivity contribution in [3.05, 3.63) is 11.7 Å². The Kier molecular flexibility index (Phi) is 5.95. The maximum Gasteiger partial charge on any atom is 0.317 e. The molecule has 0 fully saturated rings. The van der Waals surface area contributed by atoms with Crippen LogP contribution in [-0.4, -0.2) is 47.6 Å². The standard InChI is InChI=1S/C12H21N5O3/c1-5-9(11-14-8(2)16-20-11)15-12(19)17(4)7-6-10(18)13-3/h9H,5-7H2,1-4H3,(H,13,18)(H,15,19)/t9-/m1/s1. The minimum atomic E-state index is -0.328. The van der Waals surface area contributed by atoms with Gasteiger partial charge in [0.25, 0.3) is 0 Å². The summed E-state index contributed by atoms with van der Waals surface area (Å²) in [6, 6.07) is -0.609. The van der Waals surface area contributed by atoms with Crippen LogP contribution in [0.1, 0.15) is 37.5 Å². The monoisotopic (exact) mass is 283 g/mol. The molecule has 0 spiro atoms. The maximum atomic E-state index is 12.0. The van der Waals surface area contributed by atoms with Crippen molar-refractivity contribution in [1.29, 1.82) is 0 Å². The fourth-order valence-corrected chi connectivity index (χ4v) is 1.55. The summed E-state index contributed by atoms with van der Waals surface area (Å²) in [5, 5.41) is 9.01. The Hall–Kier alpha value is -2.12. The quantitative estimate of drug-likeness (QED) is 0.796. The Morgan fingerprint density at radius 1 is 1.45 bits per heavy atom. The van der Waals surface area contributed by atoms with E-state index in [1.807, 2.05) is 6.92 Å². The molecule has 1 aromatic rings. The van der Waals surface area contributed by atoms with Crippen LogP contribution in [0.2, 0.25) is 0 Å². The van der Waals surface area contributed by atoms with E-state index in [0.29, 0.717) is 24.7 Å². The van der Waals surface area contributed by atoms with E-state index in [4.69, 9.17) is 4.52 Å². The van der Waals surface area contributed by atoms with Crippen molar-refractivity contribution in [1.82, 2.24) is 25.7 Å². The molecule has 3 amide bonds. The summed E-state index contributed by atoms with van der Waals surface area (Å²) in [6.45, 7) is 3.97. The number of rotatable bonds is 6. The summed E-state index contributed by atoms with van der Waals surface area (Å²) in [7, 11) is 3.19. The second kappa shape index (κ2) is 7.46. The van der Waals surface area contributed by atoms with E-state index >= 15 is 0 Å². The zero-order chi connectivity index (χ0) is 15.1. The molecule has 8 nitrogen and oxygen atoms in total. The molecule has 1 aromatic heterocycles. The van der Waals surface area contributed by atoms with Crippen molar-refractivity contribution in [2.75, 3.05) is 20.6 Å². The molecule has 0 aromatic carbocycles. The highest BCUT2D eigenvalue weighted by atomic mass is 16.5. The SMILES string of the molecule is CC[C@@H](NC(=O)N(C)CCC(=O)NC)c1nc(C)no1. The Balaban J connectivity index is 2.52. The average molecular weight is 283 g/mol. The van der Waals surface area contributed by atoms with Gasteiger partial charge in [0, 0.05) is 27.1 Å². The lowest BCUT2D eigenvalue weighted by molar-refractivity contribution is -0.120. The third kappa shape index (κ3) is 4.52. The number of nitrogens with zero attached hydrogens (tertiary/aromatic N) is 3. The molecule has 0 aliphatic rings. The van der Waals surface area contributed by atoms with Crippen molar-refractivity contribution >= 4 is 11.9 Å². The number of amides is 3. The first-order valence-corrected chi connectivity index (χ1v) is 6.50. The third-order valence-electron chi connectivity index (χ3n) is 2.85. The summed E-state index contributed by atoms with van der Waals surface area (Å²) in [5.74, 6) is 0.808. The Labute approximate surface area is 117 Å². The molecule has 8 heteroatoms. The van der Waals surface area contributed by atoms with Gasteiger partial charge in [-0.25, -0.2) is 4.79 Å². The predicted molar refractivity (Wildman–Crippen MR) is 71.9 cm³/mol. The Morgan fingerprint density at radius 2 is 2.15 bits per heavy atom. The van der Waals surface area contributed by atoms with Crippen LogP contribution in [0.3, 0.4) is 0 Å². The highest BCUT2D eigenvalue weighted by molar-refractivity contribution is 5.78. The van der Waals surface area contributed by atoms with E-state index in [0.717, 1.165) is 0 Å². The van der Waals surface area contributed by atoms with E-state index in [2.05, 4.69) is 20.8 Å². The molecule has 1 atom stereocenters. The van der Waals surface area contributed by atoms with Crippen LogP contribution in [0.4, 0.5) is 4.79 Å². The van der Waals surface area contributed by atoms with Gasteiger partial charge in [-0.05, 0) is 13.3 Å². The number of aromatic nitrogens is 2. The molecular weight excluding hydrogens is 262 g/mol. The van der Waals surface area contributed by atoms with Gasteiger partial charge in [-0.2, -0.15) is 4.98 Å². The minimum Gasteiger partial charge on any atom is -0.359 e. The highest BCUT2D eigenvalue weighted by Crippen LogP contribution is 2.14. The number of urea groups is 1. The molecule has 0 aliphatic heterocycles. The van der Waals surface area contributed by atoms with Gasteiger partial charge < -0.3 is 20.1 Å². The van der Waals surface area contributed by atoms with Gasteiger partial charge in [-0.3, -0.25) is 4.79 Å². The fraction of sp³-hybridized carbons (Fsp3) is 0.667. The Morgan fingerprint density at radius 3 is 2.65 bits per heavy atom. The second-order valence-corrected chi connectivity index (χ2v) is 4.43. The molecule has 1 heterocycles. The van der Waals surface area contributed by atoms with Crippen LogP contribution in [0, 0.1) is 6.92 Å². The molecule has 1 rings (SSSR count). The summed E-state index contributed by atoms with van der Waals surface area (Å²) in [6.07, 6.45) is 0.896. The Bertz CT molecular complexity index is 460. The molecule has 20 heavy (non-hydrogen) atoms. The number of hydrogen-bond donors (Lipinski definition) is 2. The molecule has 0 bridgehead atoms. The van der Waals surface area contributed by atoms with Crippen molar-refractivity contribution in [3.63, 3.8) is 0 Å². The molecule has 0 aliphatic carbocycles. The summed E-state index contributed by atoms with van der Waals surface area (Å²) in [4.78, 5) is 28.7. The van der Waals surface area contributed by atoms with Crippen LogP contribution in [0.5, 0.6) is 0 Å². The number of carbonyl (C=O) groups excluding carboxylic acids is 2. The van der Waals surface area contributed by atoms with E-state index in [9.17, 15) is 9.59 Å². The van der Waals surface area contributed by atoms with Gasteiger partial charge in [0.15, 0.2) is 5.82 Å². The lowest BCUT2D eigenvalue weighted by Crippen LogP contribution is -2.40. The lowest BCUT2D eigenvalue weighted by Gasteiger charge is -2.20. The van der Waals surface area contributed by atoms with Crippen LogP contribution in [0.25, 0.3) is 0 Å². The van der Waals surface area contributed by atoms with Gasteiger partial charge in [0.2, 0.25) is 11.8 Å². The maximum absolute atomic E-state index is 12.0. The van der Waals surface area contributed by atoms with Crippen LogP contribution >= 0.6 is 0 Å². The van der Waals surface area contributed by atoms with Crippen LogP contribution in [-0.2, 0) is 4.79 Å². The number of nitrogens with one attached hydrogen (secondary N) is 2. The topological polar surface area (TPSA) is 100 Å². The first kappa shape index (κ1) is 15.9. The molecule has 2 N–H and O–H groups in total. The first-order valence-electron chi connectivity index (χ1n) is 6.50. The largest absolute Gasteiger partial charge is 0.359 e. The van der Waals surface area contributed by atoms with E-state index < -0.39 is 0 Å². The van der Waals surface area contributed by atoms with Crippen molar-refractivity contribution in [3.8, 4) is 0 Å². The molecule has 0 unspecified atom stereocenters. The normalized spacial score (nSPS) is 11.8. The summed E-state index contributed by atoms with van der Waals surface area (Å²) < 4.78 is 5.06. The van der Waals surface area contributed by atoms with Crippen LogP contribution in [0.15, 0.2) is 4.52 Å². The number of carbonyl (C=O) groups is 2. The minimum absolute atomic E-state index is 0.107. The summed E-state index contributed by atoms with van der Waals surface area (Å²) >= 11 is 0.